The molecule has 0 aliphatic heterocycles. The molecule has 2 aromatic carbocycles. The third kappa shape index (κ3) is 5.61. The van der Waals surface area contributed by atoms with Crippen LogP contribution >= 0.6 is 0 Å². The molecule has 33 heavy (non-hydrogen) atoms. The first-order valence-electron chi connectivity index (χ1n) is 10.6. The summed E-state index contributed by atoms with van der Waals surface area (Å²) >= 11 is 0. The second kappa shape index (κ2) is 9.49. The monoisotopic (exact) mass is 466 g/mol. The van der Waals surface area contributed by atoms with Crippen molar-refractivity contribution >= 4 is 36.4 Å². The Kier molecular flexibility index (Phi) is 6.92. The van der Waals surface area contributed by atoms with Gasteiger partial charge in [-0.2, -0.15) is 0 Å². The molecule has 3 N–H and O–H groups in total. The summed E-state index contributed by atoms with van der Waals surface area (Å²) in [6.45, 7) is 8.05. The largest absolute Gasteiger partial charge is 0.497 e. The van der Waals surface area contributed by atoms with E-state index >= 15 is 0 Å². The van der Waals surface area contributed by atoms with E-state index in [2.05, 4.69) is 35.4 Å². The van der Waals surface area contributed by atoms with Crippen LogP contribution < -0.4 is 26.1 Å². The fourth-order valence-corrected chi connectivity index (χ4v) is 5.26. The number of anilines is 2. The number of hydrogen-bond acceptors (Lipinski definition) is 4. The molecule has 0 unspecified atom stereocenters. The highest BCUT2D eigenvalue weighted by molar-refractivity contribution is 6.90. The van der Waals surface area contributed by atoms with Gasteiger partial charge in [0.25, 0.3) is 5.56 Å². The average molecular weight is 467 g/mol. The lowest BCUT2D eigenvalue weighted by Crippen LogP contribution is -2.40. The van der Waals surface area contributed by atoms with Crippen LogP contribution in [0.2, 0.25) is 19.6 Å². The van der Waals surface area contributed by atoms with Crippen LogP contribution in [-0.4, -0.2) is 36.8 Å². The summed E-state index contributed by atoms with van der Waals surface area (Å²) in [6.07, 6.45) is 0.0345. The Morgan fingerprint density at radius 1 is 1.06 bits per heavy atom. The van der Waals surface area contributed by atoms with Gasteiger partial charge in [-0.15, -0.1) is 0 Å². The zero-order chi connectivity index (χ0) is 24.3. The van der Waals surface area contributed by atoms with Crippen molar-refractivity contribution in [3.8, 4) is 16.9 Å². The van der Waals surface area contributed by atoms with Gasteiger partial charge < -0.3 is 15.4 Å². The van der Waals surface area contributed by atoms with E-state index in [-0.39, 0.29) is 23.8 Å². The molecule has 0 aliphatic rings. The van der Waals surface area contributed by atoms with Crippen molar-refractivity contribution in [2.45, 2.75) is 33.0 Å². The molecule has 0 bridgehead atoms. The van der Waals surface area contributed by atoms with E-state index in [0.29, 0.717) is 22.8 Å². The van der Waals surface area contributed by atoms with Crippen molar-refractivity contribution in [3.05, 3.63) is 58.5 Å². The first-order valence-corrected chi connectivity index (χ1v) is 14.1. The maximum absolute atomic E-state index is 13.1. The van der Waals surface area contributed by atoms with Crippen molar-refractivity contribution in [1.29, 1.82) is 0 Å². The number of benzene rings is 2. The van der Waals surface area contributed by atoms with Crippen molar-refractivity contribution in [1.82, 2.24) is 9.78 Å². The Labute approximate surface area is 194 Å². The molecule has 9 heteroatoms. The Morgan fingerprint density at radius 2 is 1.73 bits per heavy atom. The van der Waals surface area contributed by atoms with E-state index in [1.54, 1.807) is 18.8 Å². The van der Waals surface area contributed by atoms with Gasteiger partial charge >= 0.3 is 0 Å². The number of aryl methyl sites for hydroxylation is 1. The summed E-state index contributed by atoms with van der Waals surface area (Å²) in [5.74, 6) is 0.254. The molecule has 174 valence electrons. The normalized spacial score (nSPS) is 11.2. The van der Waals surface area contributed by atoms with E-state index in [0.717, 1.165) is 16.3 Å². The zero-order valence-corrected chi connectivity index (χ0v) is 20.8. The van der Waals surface area contributed by atoms with Gasteiger partial charge in [-0.25, -0.2) is 0 Å². The summed E-state index contributed by atoms with van der Waals surface area (Å²) in [5, 5.41) is 9.67. The second-order valence-electron chi connectivity index (χ2n) is 8.97. The SMILES string of the molecule is COc1ccc(-c2c(NC(C)=O)ccc([Si](C)(C)C)c2NC(=O)Cc2cc(=O)[nH]n2C)cc1. The fraction of sp³-hybridized carbons (Fsp3) is 0.292. The molecule has 0 saturated carbocycles. The molecule has 0 atom stereocenters. The summed E-state index contributed by atoms with van der Waals surface area (Å²) in [5.41, 5.74) is 3.19. The molecular weight excluding hydrogens is 436 g/mol. The lowest BCUT2D eigenvalue weighted by molar-refractivity contribution is -0.116. The number of amides is 2. The van der Waals surface area contributed by atoms with Crippen LogP contribution in [0.1, 0.15) is 12.6 Å². The standard InChI is InChI=1S/C24H30N4O4Si/c1-15(29)25-19-11-12-20(33(4,5)6)24(23(19)16-7-9-18(32-3)10-8-16)26-21(30)13-17-14-22(31)27-28(17)2/h7-12,14H,13H2,1-6H3,(H,25,29)(H,26,30)(H,27,31). The smallest absolute Gasteiger partial charge is 0.264 e. The highest BCUT2D eigenvalue weighted by Gasteiger charge is 2.26. The van der Waals surface area contributed by atoms with Crippen LogP contribution in [0.15, 0.2) is 47.3 Å². The van der Waals surface area contributed by atoms with Crippen molar-refractivity contribution < 1.29 is 14.3 Å². The minimum atomic E-state index is -1.90. The maximum Gasteiger partial charge on any atom is 0.264 e. The predicted molar refractivity (Wildman–Crippen MR) is 134 cm³/mol. The molecule has 0 fully saturated rings. The number of nitrogens with one attached hydrogen (secondary N) is 3. The van der Waals surface area contributed by atoms with Gasteiger partial charge in [-0.05, 0) is 28.9 Å². The third-order valence-electron chi connectivity index (χ3n) is 5.32. The summed E-state index contributed by atoms with van der Waals surface area (Å²) in [6, 6.07) is 12.8. The molecule has 3 aromatic rings. The number of methoxy groups -OCH3 is 1. The number of H-pyrrole nitrogens is 1. The first kappa shape index (κ1) is 24.1. The molecule has 0 radical (unpaired) electrons. The average Bonchev–Trinajstić information content (AvgIpc) is 3.03. The van der Waals surface area contributed by atoms with Gasteiger partial charge in [-0.1, -0.05) is 37.8 Å². The van der Waals surface area contributed by atoms with Gasteiger partial charge in [0.2, 0.25) is 11.8 Å². The predicted octanol–water partition coefficient (Wildman–Crippen LogP) is 3.07. The van der Waals surface area contributed by atoms with Crippen LogP contribution in [0.5, 0.6) is 5.75 Å². The number of rotatable bonds is 7. The van der Waals surface area contributed by atoms with Crippen LogP contribution in [0.3, 0.4) is 0 Å². The molecule has 1 aromatic heterocycles. The molecule has 2 amide bonds. The number of carbonyl (C=O) groups is 2. The summed E-state index contributed by atoms with van der Waals surface area (Å²) in [4.78, 5) is 36.7. The van der Waals surface area contributed by atoms with Crippen LogP contribution in [0.4, 0.5) is 11.4 Å². The second-order valence-corrected chi connectivity index (χ2v) is 14.0. The molecule has 0 spiro atoms. The summed E-state index contributed by atoms with van der Waals surface area (Å²) in [7, 11) is 1.39. The number of carbonyl (C=O) groups excluding carboxylic acids is 2. The number of aromatic nitrogens is 2. The highest BCUT2D eigenvalue weighted by Crippen LogP contribution is 2.36. The van der Waals surface area contributed by atoms with E-state index in [9.17, 15) is 14.4 Å². The first-order chi connectivity index (χ1) is 15.5. The molecule has 0 aliphatic carbocycles. The maximum atomic E-state index is 13.1. The van der Waals surface area contributed by atoms with Gasteiger partial charge in [0.15, 0.2) is 0 Å². The van der Waals surface area contributed by atoms with Crippen molar-refractivity contribution in [2.75, 3.05) is 17.7 Å². The van der Waals surface area contributed by atoms with Gasteiger partial charge in [-0.3, -0.25) is 24.2 Å². The lowest BCUT2D eigenvalue weighted by Gasteiger charge is -2.26. The van der Waals surface area contributed by atoms with E-state index in [4.69, 9.17) is 4.74 Å². The molecule has 1 heterocycles. The Hall–Kier alpha value is -3.59. The minimum absolute atomic E-state index is 0.0345. The van der Waals surface area contributed by atoms with Crippen LogP contribution in [-0.2, 0) is 23.1 Å². The molecule has 3 rings (SSSR count). The quantitative estimate of drug-likeness (QED) is 0.465. The summed E-state index contributed by atoms with van der Waals surface area (Å²) < 4.78 is 6.83. The number of aromatic amines is 1. The lowest BCUT2D eigenvalue weighted by atomic mass is 10.0. The van der Waals surface area contributed by atoms with E-state index in [1.807, 2.05) is 36.4 Å². The van der Waals surface area contributed by atoms with Gasteiger partial charge in [0, 0.05) is 37.0 Å². The van der Waals surface area contributed by atoms with Crippen molar-refractivity contribution in [3.63, 3.8) is 0 Å². The van der Waals surface area contributed by atoms with Crippen LogP contribution in [0, 0.1) is 0 Å². The number of nitrogens with zero attached hydrogens (tertiary/aromatic N) is 1. The number of ether oxygens (including phenoxy) is 1. The van der Waals surface area contributed by atoms with Crippen LogP contribution in [0.25, 0.3) is 11.1 Å². The molecule has 8 nitrogen and oxygen atoms in total. The van der Waals surface area contributed by atoms with E-state index < -0.39 is 8.07 Å². The molecular formula is C24H30N4O4Si. The van der Waals surface area contributed by atoms with E-state index in [1.165, 1.54) is 13.0 Å². The topological polar surface area (TPSA) is 105 Å². The highest BCUT2D eigenvalue weighted by atomic mass is 28.3. The molecule has 0 saturated heterocycles. The zero-order valence-electron chi connectivity index (χ0n) is 19.8. The van der Waals surface area contributed by atoms with Gasteiger partial charge in [0.05, 0.1) is 27.3 Å². The Balaban J connectivity index is 2.16. The van der Waals surface area contributed by atoms with Gasteiger partial charge in [0.1, 0.15) is 5.75 Å². The third-order valence-corrected chi connectivity index (χ3v) is 7.35. The minimum Gasteiger partial charge on any atom is -0.497 e. The fourth-order valence-electron chi connectivity index (χ4n) is 3.74. The van der Waals surface area contributed by atoms with Crippen molar-refractivity contribution in [2.24, 2.45) is 7.05 Å². The number of hydrogen-bond donors (Lipinski definition) is 3. The Bertz CT molecular complexity index is 1240. The Morgan fingerprint density at radius 3 is 2.24 bits per heavy atom.